The van der Waals surface area contributed by atoms with Gasteiger partial charge in [0, 0.05) is 12.8 Å². The third-order valence-corrected chi connectivity index (χ3v) is 1.03. The van der Waals surface area contributed by atoms with Crippen molar-refractivity contribution < 1.29 is 24.4 Å². The third kappa shape index (κ3) is 30.3. The Hall–Kier alpha value is -0.750. The molecule has 0 saturated heterocycles. The number of hydrogen-bond acceptors (Lipinski definition) is 3. The third-order valence-electron chi connectivity index (χ3n) is 1.03. The lowest BCUT2D eigenvalue weighted by atomic mass is 10.2. The zero-order valence-corrected chi connectivity index (χ0v) is 9.17. The molecule has 0 radical (unpaired) electrons. The molecule has 5 nitrogen and oxygen atoms in total. The molecule has 0 fully saturated rings. The van der Waals surface area contributed by atoms with Crippen LogP contribution in [0.1, 0.15) is 25.7 Å². The van der Waals surface area contributed by atoms with Crippen molar-refractivity contribution in [2.24, 2.45) is 0 Å². The van der Waals surface area contributed by atoms with E-state index in [4.69, 9.17) is 10.2 Å². The lowest BCUT2D eigenvalue weighted by Crippen LogP contribution is -1.97. The van der Waals surface area contributed by atoms with Crippen LogP contribution in [0.4, 0.5) is 0 Å². The summed E-state index contributed by atoms with van der Waals surface area (Å²) in [7, 11) is 0. The Kier molecular flexibility index (Phi) is 11.6. The van der Waals surface area contributed by atoms with E-state index in [1.807, 2.05) is 0 Å². The van der Waals surface area contributed by atoms with Gasteiger partial charge in [-0.1, -0.05) is 11.2 Å². The van der Waals surface area contributed by atoms with E-state index in [-0.39, 0.29) is 12.8 Å². The molecule has 0 saturated carbocycles. The molecule has 0 aliphatic carbocycles. The molecule has 0 rings (SSSR count). The van der Waals surface area contributed by atoms with Crippen molar-refractivity contribution in [2.75, 3.05) is 12.5 Å². The van der Waals surface area contributed by atoms with Crippen molar-refractivity contribution in [3.05, 3.63) is 0 Å². The maximum Gasteiger partial charge on any atom is 0.303 e. The summed E-state index contributed by atoms with van der Waals surface area (Å²) in [6.07, 6.45) is 4.30. The topological polar surface area (TPSA) is 97.7 Å². The number of carboxylic acids is 2. The molecule has 14 heavy (non-hydrogen) atoms. The van der Waals surface area contributed by atoms with E-state index in [0.717, 1.165) is 0 Å². The summed E-state index contributed by atoms with van der Waals surface area (Å²) >= 11 is -0.611. The minimum Gasteiger partial charge on any atom is -0.617 e. The van der Waals surface area contributed by atoms with Crippen molar-refractivity contribution in [1.29, 1.82) is 0 Å². The first-order chi connectivity index (χ1) is 6.36. The number of unbranched alkanes of at least 4 members (excludes halogenated alkanes) is 1. The molecule has 0 unspecified atom stereocenters. The molecule has 0 aliphatic rings. The Labute approximate surface area is 86.3 Å². The highest BCUT2D eigenvalue weighted by atomic mass is 32.2. The van der Waals surface area contributed by atoms with Gasteiger partial charge in [0.1, 0.15) is 0 Å². The van der Waals surface area contributed by atoms with Crippen molar-refractivity contribution in [2.45, 2.75) is 25.7 Å². The maximum atomic E-state index is 9.90. The average molecular weight is 224 g/mol. The zero-order valence-electron chi connectivity index (χ0n) is 8.36. The number of carbonyl (C=O) groups is 2. The Morgan fingerprint density at radius 2 is 1.29 bits per heavy atom. The van der Waals surface area contributed by atoms with Crippen LogP contribution in [-0.2, 0) is 20.8 Å². The highest BCUT2D eigenvalue weighted by molar-refractivity contribution is 7.89. The monoisotopic (exact) mass is 224 g/mol. The minimum atomic E-state index is -0.870. The molecule has 84 valence electrons. The zero-order chi connectivity index (χ0) is 11.6. The molecule has 6 heteroatoms. The summed E-state index contributed by atoms with van der Waals surface area (Å²) in [4.78, 5) is 19.8. The van der Waals surface area contributed by atoms with Crippen LogP contribution in [0.5, 0.6) is 0 Å². The van der Waals surface area contributed by atoms with Gasteiger partial charge in [-0.25, -0.2) is 0 Å². The van der Waals surface area contributed by atoms with Crippen LogP contribution in [0.3, 0.4) is 0 Å². The van der Waals surface area contributed by atoms with E-state index >= 15 is 0 Å². The predicted molar refractivity (Wildman–Crippen MR) is 53.7 cm³/mol. The summed E-state index contributed by atoms with van der Waals surface area (Å²) < 4.78 is 9.56. The second-order valence-corrected chi connectivity index (χ2v) is 4.22. The van der Waals surface area contributed by atoms with Gasteiger partial charge in [-0.3, -0.25) is 9.59 Å². The van der Waals surface area contributed by atoms with Gasteiger partial charge in [-0.05, 0) is 12.8 Å². The van der Waals surface area contributed by atoms with Gasteiger partial charge in [0.15, 0.2) is 0 Å². The molecule has 0 bridgehead atoms. The summed E-state index contributed by atoms with van der Waals surface area (Å²) in [6.45, 7) is 0. The maximum absolute atomic E-state index is 9.90. The largest absolute Gasteiger partial charge is 0.617 e. The first kappa shape index (κ1) is 15.7. The summed E-state index contributed by atoms with van der Waals surface area (Å²) in [6, 6.07) is 0. The van der Waals surface area contributed by atoms with Gasteiger partial charge in [0.05, 0.1) is 12.5 Å². The SMILES string of the molecule is C[S+](C)[O-].O=C(O)CCCCC(=O)O. The quantitative estimate of drug-likeness (QED) is 0.529. The van der Waals surface area contributed by atoms with E-state index in [1.54, 1.807) is 12.5 Å². The van der Waals surface area contributed by atoms with Crippen LogP contribution in [0.15, 0.2) is 0 Å². The summed E-state index contributed by atoms with van der Waals surface area (Å²) in [5, 5.41) is 16.3. The molecule has 0 atom stereocenters. The van der Waals surface area contributed by atoms with E-state index < -0.39 is 23.1 Å². The first-order valence-electron chi connectivity index (χ1n) is 4.05. The van der Waals surface area contributed by atoms with Gasteiger partial charge in [0.2, 0.25) is 0 Å². The highest BCUT2D eigenvalue weighted by Crippen LogP contribution is 1.98. The van der Waals surface area contributed by atoms with Crippen LogP contribution in [0.2, 0.25) is 0 Å². The molecule has 0 aromatic heterocycles. The fourth-order valence-corrected chi connectivity index (χ4v) is 0.552. The lowest BCUT2D eigenvalue weighted by Gasteiger charge is -1.92. The second-order valence-electron chi connectivity index (χ2n) is 2.74. The molecule has 0 aromatic carbocycles. The number of aliphatic carboxylic acids is 2. The fraction of sp³-hybridized carbons (Fsp3) is 0.750. The van der Waals surface area contributed by atoms with Crippen molar-refractivity contribution in [3.8, 4) is 0 Å². The van der Waals surface area contributed by atoms with Crippen molar-refractivity contribution >= 4 is 23.1 Å². The van der Waals surface area contributed by atoms with Gasteiger partial charge in [-0.15, -0.1) is 0 Å². The van der Waals surface area contributed by atoms with Crippen LogP contribution in [0.25, 0.3) is 0 Å². The Balaban J connectivity index is 0. The molecule has 0 heterocycles. The van der Waals surface area contributed by atoms with Crippen LogP contribution < -0.4 is 0 Å². The van der Waals surface area contributed by atoms with Gasteiger partial charge >= 0.3 is 11.9 Å². The fourth-order valence-electron chi connectivity index (χ4n) is 0.552. The second kappa shape index (κ2) is 10.3. The van der Waals surface area contributed by atoms with Gasteiger partial charge < -0.3 is 14.8 Å². The van der Waals surface area contributed by atoms with E-state index in [2.05, 4.69) is 0 Å². The Bertz CT molecular complexity index is 150. The highest BCUT2D eigenvalue weighted by Gasteiger charge is 1.99. The summed E-state index contributed by atoms with van der Waals surface area (Å²) in [5.41, 5.74) is 0. The standard InChI is InChI=1S/C6H10O4.C2H6OS/c7-5(8)3-1-2-4-6(9)10;1-4(2)3/h1-4H2,(H,7,8)(H,9,10);1-2H3. The van der Waals surface area contributed by atoms with Gasteiger partial charge in [0.25, 0.3) is 0 Å². The molecule has 0 aromatic rings. The molecule has 0 aliphatic heterocycles. The average Bonchev–Trinajstić information content (AvgIpc) is 1.96. The smallest absolute Gasteiger partial charge is 0.303 e. The molecule has 2 N–H and O–H groups in total. The lowest BCUT2D eigenvalue weighted by molar-refractivity contribution is -0.139. The van der Waals surface area contributed by atoms with E-state index in [1.165, 1.54) is 0 Å². The molecular formula is C8H16O5S. The van der Waals surface area contributed by atoms with E-state index in [0.29, 0.717) is 12.8 Å². The number of hydrogen-bond donors (Lipinski definition) is 2. The number of carboxylic acid groups (broad SMARTS) is 2. The first-order valence-corrected chi connectivity index (χ1v) is 6.01. The van der Waals surface area contributed by atoms with Crippen molar-refractivity contribution in [1.82, 2.24) is 0 Å². The van der Waals surface area contributed by atoms with Gasteiger partial charge in [-0.2, -0.15) is 0 Å². The predicted octanol–water partition coefficient (Wildman–Crippen LogP) is 0.711. The van der Waals surface area contributed by atoms with Crippen LogP contribution >= 0.6 is 0 Å². The molecular weight excluding hydrogens is 208 g/mol. The van der Waals surface area contributed by atoms with Crippen molar-refractivity contribution in [3.63, 3.8) is 0 Å². The Morgan fingerprint density at radius 3 is 1.43 bits per heavy atom. The summed E-state index contributed by atoms with van der Waals surface area (Å²) in [5.74, 6) is -1.74. The number of rotatable bonds is 5. The molecule has 0 spiro atoms. The molecule has 0 amide bonds. The Morgan fingerprint density at radius 1 is 1.07 bits per heavy atom. The minimum absolute atomic E-state index is 0.0628. The van der Waals surface area contributed by atoms with Crippen LogP contribution in [0, 0.1) is 0 Å². The normalized spacial score (nSPS) is 9.14. The van der Waals surface area contributed by atoms with E-state index in [9.17, 15) is 14.1 Å². The van der Waals surface area contributed by atoms with Crippen LogP contribution in [-0.4, -0.2) is 39.2 Å².